The van der Waals surface area contributed by atoms with Gasteiger partial charge in [-0.25, -0.2) is 4.68 Å². The SMILES string of the molecule is COc1ccc(Cl)cc1-c1cc(C(=O)N2C[C@]3(C)C[C@H]2CC(C)(C)C3)cc(-n2cnnn2)c1. The van der Waals surface area contributed by atoms with Crippen LogP contribution in [0.2, 0.25) is 5.02 Å². The lowest BCUT2D eigenvalue weighted by Gasteiger charge is -2.39. The maximum atomic E-state index is 13.9. The first-order valence-electron chi connectivity index (χ1n) is 11.2. The summed E-state index contributed by atoms with van der Waals surface area (Å²) in [6.45, 7) is 7.72. The molecule has 2 atom stereocenters. The number of carbonyl (C=O) groups is 1. The molecule has 2 bridgehead atoms. The van der Waals surface area contributed by atoms with E-state index in [1.54, 1.807) is 17.9 Å². The number of aromatic nitrogens is 4. The summed E-state index contributed by atoms with van der Waals surface area (Å²) >= 11 is 6.30. The van der Waals surface area contributed by atoms with Crippen molar-refractivity contribution in [3.63, 3.8) is 0 Å². The molecule has 33 heavy (non-hydrogen) atoms. The van der Waals surface area contributed by atoms with E-state index in [9.17, 15) is 4.79 Å². The number of ether oxygens (including phenoxy) is 1. The number of carbonyl (C=O) groups excluding carboxylic acids is 1. The van der Waals surface area contributed by atoms with E-state index in [4.69, 9.17) is 16.3 Å². The second kappa shape index (κ2) is 7.83. The Labute approximate surface area is 198 Å². The van der Waals surface area contributed by atoms with Gasteiger partial charge in [-0.1, -0.05) is 32.4 Å². The van der Waals surface area contributed by atoms with Crippen LogP contribution in [0.1, 0.15) is 50.4 Å². The molecule has 1 saturated heterocycles. The van der Waals surface area contributed by atoms with Crippen LogP contribution in [-0.2, 0) is 0 Å². The third kappa shape index (κ3) is 4.10. The summed E-state index contributed by atoms with van der Waals surface area (Å²) in [5, 5.41) is 12.1. The number of hydrogen-bond acceptors (Lipinski definition) is 5. The number of hydrogen-bond donors (Lipinski definition) is 0. The van der Waals surface area contributed by atoms with Crippen molar-refractivity contribution in [2.24, 2.45) is 10.8 Å². The predicted molar refractivity (Wildman–Crippen MR) is 127 cm³/mol. The van der Waals surface area contributed by atoms with Gasteiger partial charge in [0, 0.05) is 28.7 Å². The minimum absolute atomic E-state index is 0.0404. The molecule has 0 radical (unpaired) electrons. The summed E-state index contributed by atoms with van der Waals surface area (Å²) in [4.78, 5) is 16.0. The first kappa shape index (κ1) is 21.9. The van der Waals surface area contributed by atoms with Gasteiger partial charge in [0.2, 0.25) is 0 Å². The van der Waals surface area contributed by atoms with Crippen LogP contribution in [0.25, 0.3) is 16.8 Å². The quantitative estimate of drug-likeness (QED) is 0.540. The van der Waals surface area contributed by atoms with E-state index >= 15 is 0 Å². The van der Waals surface area contributed by atoms with Gasteiger partial charge < -0.3 is 9.64 Å². The summed E-state index contributed by atoms with van der Waals surface area (Å²) in [5.74, 6) is 0.719. The van der Waals surface area contributed by atoms with E-state index in [0.717, 1.165) is 36.9 Å². The van der Waals surface area contributed by atoms with Crippen LogP contribution in [0.3, 0.4) is 0 Å². The normalized spacial score (nSPS) is 23.5. The molecular formula is C25H28ClN5O2. The smallest absolute Gasteiger partial charge is 0.254 e. The Balaban J connectivity index is 1.60. The Kier molecular flexibility index (Phi) is 5.20. The lowest BCUT2D eigenvalue weighted by Crippen LogP contribution is -2.37. The molecule has 2 aliphatic rings. The average Bonchev–Trinajstić information content (AvgIpc) is 3.38. The molecule has 7 nitrogen and oxygen atoms in total. The Morgan fingerprint density at radius 1 is 1.15 bits per heavy atom. The molecule has 2 aromatic carbocycles. The molecule has 1 aliphatic heterocycles. The zero-order chi connectivity index (χ0) is 23.4. The second-order valence-corrected chi connectivity index (χ2v) is 11.0. The maximum Gasteiger partial charge on any atom is 0.254 e. The van der Waals surface area contributed by atoms with Crippen LogP contribution in [-0.4, -0.2) is 50.7 Å². The largest absolute Gasteiger partial charge is 0.496 e. The van der Waals surface area contributed by atoms with Crippen molar-refractivity contribution in [3.8, 4) is 22.6 Å². The Morgan fingerprint density at radius 3 is 2.70 bits per heavy atom. The number of fused-ring (bicyclic) bond motifs is 2. The van der Waals surface area contributed by atoms with Gasteiger partial charge in [0.25, 0.3) is 5.91 Å². The lowest BCUT2D eigenvalue weighted by atomic mass is 9.65. The minimum Gasteiger partial charge on any atom is -0.496 e. The second-order valence-electron chi connectivity index (χ2n) is 10.5. The summed E-state index contributed by atoms with van der Waals surface area (Å²) in [6, 6.07) is 11.4. The fourth-order valence-electron chi connectivity index (χ4n) is 6.07. The highest BCUT2D eigenvalue weighted by Gasteiger charge is 2.51. The van der Waals surface area contributed by atoms with Crippen molar-refractivity contribution in [2.45, 2.75) is 46.1 Å². The molecular weight excluding hydrogens is 438 g/mol. The first-order valence-corrected chi connectivity index (χ1v) is 11.6. The van der Waals surface area contributed by atoms with Crippen molar-refractivity contribution < 1.29 is 9.53 Å². The monoisotopic (exact) mass is 465 g/mol. The number of methoxy groups -OCH3 is 1. The molecule has 1 amide bonds. The fourth-order valence-corrected chi connectivity index (χ4v) is 6.24. The van der Waals surface area contributed by atoms with Crippen LogP contribution in [0.15, 0.2) is 42.7 Å². The third-order valence-corrected chi connectivity index (χ3v) is 7.16. The number of rotatable bonds is 4. The molecule has 0 unspecified atom stereocenters. The standard InChI is InChI=1S/C25H28ClN5O2/c1-24(2)11-20-12-25(3,13-24)14-30(20)23(32)17-7-16(8-19(9-17)31-15-27-28-29-31)21-10-18(26)5-6-22(21)33-4/h5-10,15,20H,11-14H2,1-4H3/t20-,25-/m1/s1. The van der Waals surface area contributed by atoms with Gasteiger partial charge in [0.1, 0.15) is 12.1 Å². The van der Waals surface area contributed by atoms with E-state index in [0.29, 0.717) is 22.0 Å². The molecule has 8 heteroatoms. The molecule has 3 aromatic rings. The Hall–Kier alpha value is -2.93. The number of nitrogens with zero attached hydrogens (tertiary/aromatic N) is 5. The summed E-state index contributed by atoms with van der Waals surface area (Å²) < 4.78 is 7.14. The number of likely N-dealkylation sites (tertiary alicyclic amines) is 1. The highest BCUT2D eigenvalue weighted by Crippen LogP contribution is 2.52. The van der Waals surface area contributed by atoms with E-state index in [1.165, 1.54) is 6.33 Å². The van der Waals surface area contributed by atoms with Crippen LogP contribution in [0, 0.1) is 10.8 Å². The Morgan fingerprint density at radius 2 is 1.97 bits per heavy atom. The molecule has 2 fully saturated rings. The van der Waals surface area contributed by atoms with E-state index in [-0.39, 0.29) is 22.8 Å². The van der Waals surface area contributed by atoms with Crippen molar-refractivity contribution >= 4 is 17.5 Å². The highest BCUT2D eigenvalue weighted by molar-refractivity contribution is 6.31. The van der Waals surface area contributed by atoms with Gasteiger partial charge >= 0.3 is 0 Å². The van der Waals surface area contributed by atoms with Gasteiger partial charge in [-0.15, -0.1) is 5.10 Å². The molecule has 1 saturated carbocycles. The average molecular weight is 466 g/mol. The van der Waals surface area contributed by atoms with Crippen LogP contribution in [0.4, 0.5) is 0 Å². The van der Waals surface area contributed by atoms with Gasteiger partial charge in [0.15, 0.2) is 0 Å². The number of halogens is 1. The van der Waals surface area contributed by atoms with Crippen molar-refractivity contribution in [1.82, 2.24) is 25.1 Å². The Bertz CT molecular complexity index is 1210. The van der Waals surface area contributed by atoms with Crippen LogP contribution >= 0.6 is 11.6 Å². The molecule has 1 aliphatic carbocycles. The first-order chi connectivity index (χ1) is 15.7. The van der Waals surface area contributed by atoms with E-state index in [1.807, 2.05) is 30.3 Å². The zero-order valence-corrected chi connectivity index (χ0v) is 20.1. The van der Waals surface area contributed by atoms with Gasteiger partial charge in [-0.2, -0.15) is 0 Å². The summed E-state index contributed by atoms with van der Waals surface area (Å²) in [7, 11) is 1.62. The van der Waals surface area contributed by atoms with Gasteiger partial charge in [0.05, 0.1) is 12.8 Å². The van der Waals surface area contributed by atoms with Crippen molar-refractivity contribution in [1.29, 1.82) is 0 Å². The number of benzene rings is 2. The predicted octanol–water partition coefficient (Wildman–Crippen LogP) is 5.03. The number of amides is 1. The number of tetrazole rings is 1. The third-order valence-electron chi connectivity index (χ3n) is 6.93. The highest BCUT2D eigenvalue weighted by atomic mass is 35.5. The lowest BCUT2D eigenvalue weighted by molar-refractivity contribution is 0.0708. The summed E-state index contributed by atoms with van der Waals surface area (Å²) in [5.41, 5.74) is 3.33. The molecule has 5 rings (SSSR count). The van der Waals surface area contributed by atoms with Crippen LogP contribution in [0.5, 0.6) is 5.75 Å². The van der Waals surface area contributed by atoms with Crippen molar-refractivity contribution in [2.75, 3.05) is 13.7 Å². The molecule has 2 heterocycles. The minimum atomic E-state index is 0.0404. The fraction of sp³-hybridized carbons (Fsp3) is 0.440. The van der Waals surface area contributed by atoms with Gasteiger partial charge in [-0.3, -0.25) is 4.79 Å². The molecule has 0 N–H and O–H groups in total. The van der Waals surface area contributed by atoms with Gasteiger partial charge in [-0.05, 0) is 82.5 Å². The molecule has 0 spiro atoms. The molecule has 172 valence electrons. The van der Waals surface area contributed by atoms with Crippen molar-refractivity contribution in [3.05, 3.63) is 53.3 Å². The van der Waals surface area contributed by atoms with Crippen LogP contribution < -0.4 is 4.74 Å². The zero-order valence-electron chi connectivity index (χ0n) is 19.4. The molecule has 1 aromatic heterocycles. The maximum absolute atomic E-state index is 13.9. The van der Waals surface area contributed by atoms with E-state index in [2.05, 4.69) is 41.2 Å². The van der Waals surface area contributed by atoms with E-state index < -0.39 is 0 Å². The topological polar surface area (TPSA) is 73.1 Å². The summed E-state index contributed by atoms with van der Waals surface area (Å²) in [6.07, 6.45) is 4.74.